The Morgan fingerprint density at radius 2 is 2.00 bits per heavy atom. The molecule has 0 radical (unpaired) electrons. The molecule has 29 heavy (non-hydrogen) atoms. The molecule has 0 amide bonds. The molecular weight excluding hydrogens is 368 g/mol. The van der Waals surface area contributed by atoms with E-state index in [1.807, 2.05) is 12.1 Å². The molecule has 0 aromatic heterocycles. The van der Waals surface area contributed by atoms with Crippen LogP contribution >= 0.6 is 0 Å². The van der Waals surface area contributed by atoms with Gasteiger partial charge in [-0.2, -0.15) is 0 Å². The third-order valence-electron chi connectivity index (χ3n) is 6.90. The van der Waals surface area contributed by atoms with E-state index in [-0.39, 0.29) is 24.9 Å². The van der Waals surface area contributed by atoms with Gasteiger partial charge >= 0.3 is 0 Å². The van der Waals surface area contributed by atoms with Crippen LogP contribution in [0.5, 0.6) is 5.75 Å². The number of rotatable bonds is 12. The van der Waals surface area contributed by atoms with Crippen LogP contribution in [0, 0.1) is 17.8 Å². The Morgan fingerprint density at radius 1 is 1.14 bits per heavy atom. The van der Waals surface area contributed by atoms with E-state index in [1.54, 1.807) is 0 Å². The van der Waals surface area contributed by atoms with Crippen molar-refractivity contribution in [1.29, 1.82) is 0 Å². The van der Waals surface area contributed by atoms with Crippen LogP contribution in [0.15, 0.2) is 18.2 Å². The van der Waals surface area contributed by atoms with Crippen molar-refractivity contribution in [2.45, 2.75) is 76.9 Å². The van der Waals surface area contributed by atoms with Gasteiger partial charge < -0.3 is 24.8 Å². The van der Waals surface area contributed by atoms with Gasteiger partial charge in [0.1, 0.15) is 19.1 Å². The molecule has 3 N–H and O–H groups in total. The van der Waals surface area contributed by atoms with Crippen LogP contribution in [0.3, 0.4) is 0 Å². The van der Waals surface area contributed by atoms with E-state index in [2.05, 4.69) is 13.0 Å². The number of benzene rings is 1. The lowest BCUT2D eigenvalue weighted by Gasteiger charge is -2.32. The van der Waals surface area contributed by atoms with Crippen LogP contribution in [0.4, 0.5) is 0 Å². The minimum absolute atomic E-state index is 0.232. The monoisotopic (exact) mass is 406 g/mol. The molecule has 0 unspecified atom stereocenters. The summed E-state index contributed by atoms with van der Waals surface area (Å²) in [5.74, 6) is 2.18. The van der Waals surface area contributed by atoms with Crippen molar-refractivity contribution in [1.82, 2.24) is 0 Å². The van der Waals surface area contributed by atoms with Crippen LogP contribution in [0.2, 0.25) is 0 Å². The summed E-state index contributed by atoms with van der Waals surface area (Å²) >= 11 is 0. The number of hydrogen-bond acceptors (Lipinski definition) is 5. The van der Waals surface area contributed by atoms with Crippen LogP contribution in [-0.2, 0) is 17.6 Å². The van der Waals surface area contributed by atoms with Gasteiger partial charge in [0.05, 0.1) is 18.8 Å². The van der Waals surface area contributed by atoms with E-state index < -0.39 is 0 Å². The number of hydrogen-bond donors (Lipinski definition) is 3. The molecule has 0 saturated heterocycles. The van der Waals surface area contributed by atoms with E-state index in [4.69, 9.17) is 14.6 Å². The first kappa shape index (κ1) is 22.5. The number of aliphatic hydroxyl groups excluding tert-OH is 3. The maximum atomic E-state index is 10.7. The summed E-state index contributed by atoms with van der Waals surface area (Å²) in [6.45, 7) is 2.69. The van der Waals surface area contributed by atoms with Gasteiger partial charge in [-0.25, -0.2) is 0 Å². The first-order chi connectivity index (χ1) is 14.1. The fraction of sp³-hybridized carbons (Fsp3) is 0.750. The minimum Gasteiger partial charge on any atom is -0.491 e. The highest BCUT2D eigenvalue weighted by Gasteiger charge is 2.44. The van der Waals surface area contributed by atoms with Crippen molar-refractivity contribution in [2.24, 2.45) is 17.8 Å². The molecule has 0 bridgehead atoms. The first-order valence-corrected chi connectivity index (χ1v) is 11.4. The van der Waals surface area contributed by atoms with Crippen LogP contribution in [0.25, 0.3) is 0 Å². The highest BCUT2D eigenvalue weighted by atomic mass is 16.6. The quantitative estimate of drug-likeness (QED) is 0.366. The largest absolute Gasteiger partial charge is 0.491 e. The molecule has 1 saturated carbocycles. The maximum Gasteiger partial charge on any atom is 0.143 e. The smallest absolute Gasteiger partial charge is 0.143 e. The molecule has 2 aliphatic carbocycles. The zero-order valence-corrected chi connectivity index (χ0v) is 17.8. The number of unbranched alkanes of at least 4 members (excludes halogenated alkanes) is 2. The molecule has 2 aliphatic rings. The Morgan fingerprint density at radius 3 is 2.79 bits per heavy atom. The summed E-state index contributed by atoms with van der Waals surface area (Å²) < 4.78 is 10.9. The SMILES string of the molecule is CCCCC[C@H](O)CC[C@@H]1[C@H]2Cc3cccc(OCCOCO)c3C[C@H]2C[C@H]1O. The Kier molecular flexibility index (Phi) is 8.79. The van der Waals surface area contributed by atoms with Gasteiger partial charge in [-0.15, -0.1) is 0 Å². The summed E-state index contributed by atoms with van der Waals surface area (Å²) in [6, 6.07) is 6.23. The molecule has 1 aromatic rings. The molecule has 5 heteroatoms. The molecule has 164 valence electrons. The zero-order chi connectivity index (χ0) is 20.6. The second-order valence-corrected chi connectivity index (χ2v) is 8.81. The molecule has 0 aliphatic heterocycles. The summed E-state index contributed by atoms with van der Waals surface area (Å²) in [4.78, 5) is 0. The first-order valence-electron chi connectivity index (χ1n) is 11.4. The second-order valence-electron chi connectivity index (χ2n) is 8.81. The summed E-state index contributed by atoms with van der Waals surface area (Å²) in [5.41, 5.74) is 2.60. The van der Waals surface area contributed by atoms with Gasteiger partial charge in [0.2, 0.25) is 0 Å². The lowest BCUT2D eigenvalue weighted by molar-refractivity contribution is -0.0127. The Hall–Kier alpha value is -1.14. The molecule has 1 fully saturated rings. The second kappa shape index (κ2) is 11.3. The lowest BCUT2D eigenvalue weighted by Crippen LogP contribution is -2.28. The van der Waals surface area contributed by atoms with Crippen LogP contribution < -0.4 is 4.74 Å². The van der Waals surface area contributed by atoms with E-state index in [0.29, 0.717) is 25.0 Å². The zero-order valence-electron chi connectivity index (χ0n) is 17.8. The Balaban J connectivity index is 1.58. The van der Waals surface area contributed by atoms with E-state index in [1.165, 1.54) is 24.0 Å². The normalized spacial score (nSPS) is 26.8. The van der Waals surface area contributed by atoms with Gasteiger partial charge in [-0.1, -0.05) is 38.3 Å². The minimum atomic E-state index is -0.285. The molecule has 3 rings (SSSR count). The standard InChI is InChI=1S/C24H38O5/c1-2-3-4-7-19(26)9-10-20-21-13-17-6-5-8-24(29-12-11-28-16-25)22(17)14-18(21)15-23(20)27/h5-6,8,18-21,23,25-27H,2-4,7,9-16H2,1H3/t18-,19-,20+,21-,23+/m0/s1. The maximum absolute atomic E-state index is 10.7. The Labute approximate surface area is 175 Å². The van der Waals surface area contributed by atoms with Crippen molar-refractivity contribution in [3.63, 3.8) is 0 Å². The van der Waals surface area contributed by atoms with Crippen molar-refractivity contribution in [3.8, 4) is 5.75 Å². The van der Waals surface area contributed by atoms with Crippen LogP contribution in [-0.4, -0.2) is 47.5 Å². The lowest BCUT2D eigenvalue weighted by atomic mass is 9.73. The summed E-state index contributed by atoms with van der Waals surface area (Å²) in [7, 11) is 0. The van der Waals surface area contributed by atoms with Gasteiger partial charge in [-0.05, 0) is 73.5 Å². The fourth-order valence-electron chi connectivity index (χ4n) is 5.37. The third kappa shape index (κ3) is 5.94. The molecule has 5 atom stereocenters. The summed E-state index contributed by atoms with van der Waals surface area (Å²) in [6.07, 6.45) is 8.34. The third-order valence-corrected chi connectivity index (χ3v) is 6.90. The van der Waals surface area contributed by atoms with Crippen LogP contribution in [0.1, 0.15) is 63.0 Å². The van der Waals surface area contributed by atoms with Crippen molar-refractivity contribution < 1.29 is 24.8 Å². The predicted octanol–water partition coefficient (Wildman–Crippen LogP) is 3.47. The van der Waals surface area contributed by atoms with E-state index in [0.717, 1.165) is 50.7 Å². The average Bonchev–Trinajstić information content (AvgIpc) is 3.02. The molecule has 1 aromatic carbocycles. The van der Waals surface area contributed by atoms with Crippen molar-refractivity contribution in [3.05, 3.63) is 29.3 Å². The van der Waals surface area contributed by atoms with Gasteiger partial charge in [0, 0.05) is 0 Å². The van der Waals surface area contributed by atoms with Crippen molar-refractivity contribution >= 4 is 0 Å². The number of aliphatic hydroxyl groups is 3. The van der Waals surface area contributed by atoms with Gasteiger partial charge in [-0.3, -0.25) is 0 Å². The highest BCUT2D eigenvalue weighted by molar-refractivity contribution is 5.43. The topological polar surface area (TPSA) is 79.2 Å². The van der Waals surface area contributed by atoms with Gasteiger partial charge in [0.25, 0.3) is 0 Å². The Bertz CT molecular complexity index is 619. The highest BCUT2D eigenvalue weighted by Crippen LogP contribution is 2.48. The molecular formula is C24H38O5. The van der Waals surface area contributed by atoms with E-state index in [9.17, 15) is 10.2 Å². The molecule has 5 nitrogen and oxygen atoms in total. The summed E-state index contributed by atoms with van der Waals surface area (Å²) in [5, 5.41) is 29.8. The molecule has 0 heterocycles. The number of ether oxygens (including phenoxy) is 2. The van der Waals surface area contributed by atoms with E-state index >= 15 is 0 Å². The number of fused-ring (bicyclic) bond motifs is 2. The van der Waals surface area contributed by atoms with Gasteiger partial charge in [0.15, 0.2) is 0 Å². The predicted molar refractivity (Wildman–Crippen MR) is 113 cm³/mol. The fourth-order valence-corrected chi connectivity index (χ4v) is 5.37. The average molecular weight is 407 g/mol. The van der Waals surface area contributed by atoms with Crippen molar-refractivity contribution in [2.75, 3.05) is 20.0 Å². The molecule has 0 spiro atoms.